The zero-order chi connectivity index (χ0) is 15.8. The number of nitrogens with zero attached hydrogens (tertiary/aromatic N) is 1. The summed E-state index contributed by atoms with van der Waals surface area (Å²) in [5.41, 5.74) is 1.94. The van der Waals surface area contributed by atoms with Crippen LogP contribution in [0.3, 0.4) is 0 Å². The van der Waals surface area contributed by atoms with Crippen molar-refractivity contribution in [3.63, 3.8) is 0 Å². The van der Waals surface area contributed by atoms with Crippen LogP contribution in [0.15, 0.2) is 35.9 Å². The van der Waals surface area contributed by atoms with E-state index in [1.807, 2.05) is 55.3 Å². The Morgan fingerprint density at radius 2 is 2.09 bits per heavy atom. The Balaban J connectivity index is 1.91. The van der Waals surface area contributed by atoms with E-state index in [9.17, 15) is 4.79 Å². The molecule has 0 bridgehead atoms. The minimum atomic E-state index is 0.127. The number of ether oxygens (including phenoxy) is 1. The quantitative estimate of drug-likeness (QED) is 0.746. The molecule has 0 aliphatic carbocycles. The van der Waals surface area contributed by atoms with Crippen molar-refractivity contribution in [2.75, 3.05) is 20.2 Å². The van der Waals surface area contributed by atoms with E-state index < -0.39 is 0 Å². The maximum Gasteiger partial charge on any atom is 0.249 e. The van der Waals surface area contributed by atoms with Crippen molar-refractivity contribution in [3.8, 4) is 0 Å². The molecule has 1 aromatic rings. The van der Waals surface area contributed by atoms with Gasteiger partial charge in [-0.05, 0) is 43.7 Å². The summed E-state index contributed by atoms with van der Waals surface area (Å²) in [5, 5.41) is 0. The lowest BCUT2D eigenvalue weighted by atomic mass is 10.1. The zero-order valence-corrected chi connectivity index (χ0v) is 13.8. The van der Waals surface area contributed by atoms with Gasteiger partial charge >= 0.3 is 0 Å². The molecular weight excluding hydrogens is 274 g/mol. The summed E-state index contributed by atoms with van der Waals surface area (Å²) in [6.45, 7) is 3.66. The summed E-state index contributed by atoms with van der Waals surface area (Å²) in [4.78, 5) is 14.4. The van der Waals surface area contributed by atoms with Gasteiger partial charge in [0.15, 0.2) is 0 Å². The number of carbonyl (C=O) groups is 1. The normalized spacial score (nSPS) is 19.0. The highest BCUT2D eigenvalue weighted by Crippen LogP contribution is 2.17. The summed E-state index contributed by atoms with van der Waals surface area (Å²) in [7, 11) is 1.89. The van der Waals surface area contributed by atoms with Crippen molar-refractivity contribution in [1.29, 1.82) is 0 Å². The van der Waals surface area contributed by atoms with Gasteiger partial charge in [0.25, 0.3) is 0 Å². The highest BCUT2D eigenvalue weighted by molar-refractivity contribution is 5.97. The molecule has 1 aliphatic heterocycles. The van der Waals surface area contributed by atoms with Crippen molar-refractivity contribution in [2.24, 2.45) is 0 Å². The molecule has 1 amide bonds. The van der Waals surface area contributed by atoms with Crippen LogP contribution in [0, 0.1) is 0 Å². The molecule has 1 saturated heterocycles. The minimum absolute atomic E-state index is 0.127. The van der Waals surface area contributed by atoms with E-state index in [0.717, 1.165) is 43.6 Å². The van der Waals surface area contributed by atoms with E-state index >= 15 is 0 Å². The van der Waals surface area contributed by atoms with Gasteiger partial charge in [0.1, 0.15) is 0 Å². The first-order chi connectivity index (χ1) is 10.7. The number of rotatable bonds is 6. The molecule has 1 unspecified atom stereocenters. The average Bonchev–Trinajstić information content (AvgIpc) is 2.58. The summed E-state index contributed by atoms with van der Waals surface area (Å²) in [5.74, 6) is 0.127. The van der Waals surface area contributed by atoms with Gasteiger partial charge in [-0.2, -0.15) is 0 Å². The molecule has 0 N–H and O–H groups in total. The lowest BCUT2D eigenvalue weighted by Gasteiger charge is -2.25. The van der Waals surface area contributed by atoms with Gasteiger partial charge in [-0.15, -0.1) is 0 Å². The van der Waals surface area contributed by atoms with Crippen LogP contribution in [0.5, 0.6) is 0 Å². The van der Waals surface area contributed by atoms with Crippen molar-refractivity contribution in [3.05, 3.63) is 41.5 Å². The largest absolute Gasteiger partial charge is 0.378 e. The second-order valence-electron chi connectivity index (χ2n) is 5.94. The number of carbonyl (C=O) groups excluding carboxylic acids is 1. The fourth-order valence-electron chi connectivity index (χ4n) is 2.78. The Kier molecular flexibility index (Phi) is 6.66. The molecule has 1 aliphatic rings. The predicted molar refractivity (Wildman–Crippen MR) is 90.6 cm³/mol. The van der Waals surface area contributed by atoms with E-state index in [4.69, 9.17) is 4.74 Å². The number of amides is 1. The first kappa shape index (κ1) is 16.8. The summed E-state index contributed by atoms with van der Waals surface area (Å²) < 4.78 is 5.74. The molecule has 2 rings (SSSR count). The lowest BCUT2D eigenvalue weighted by molar-refractivity contribution is -0.126. The molecule has 1 heterocycles. The van der Waals surface area contributed by atoms with Gasteiger partial charge in [-0.1, -0.05) is 37.3 Å². The fourth-order valence-corrected chi connectivity index (χ4v) is 2.78. The third-order valence-corrected chi connectivity index (χ3v) is 4.20. The highest BCUT2D eigenvalue weighted by atomic mass is 16.5. The van der Waals surface area contributed by atoms with E-state index in [1.54, 1.807) is 0 Å². The summed E-state index contributed by atoms with van der Waals surface area (Å²) >= 11 is 0. The third kappa shape index (κ3) is 4.99. The zero-order valence-electron chi connectivity index (χ0n) is 13.8. The molecular formula is C19H27NO2. The van der Waals surface area contributed by atoms with Gasteiger partial charge < -0.3 is 9.64 Å². The van der Waals surface area contributed by atoms with Crippen molar-refractivity contribution < 1.29 is 9.53 Å². The van der Waals surface area contributed by atoms with Crippen LogP contribution in [0.1, 0.15) is 44.6 Å². The topological polar surface area (TPSA) is 29.5 Å². The lowest BCUT2D eigenvalue weighted by Crippen LogP contribution is -2.32. The fraction of sp³-hybridized carbons (Fsp3) is 0.526. The Morgan fingerprint density at radius 1 is 1.32 bits per heavy atom. The second kappa shape index (κ2) is 8.74. The predicted octanol–water partition coefficient (Wildman–Crippen LogP) is 3.90. The van der Waals surface area contributed by atoms with Crippen LogP contribution >= 0.6 is 0 Å². The molecule has 1 fully saturated rings. The van der Waals surface area contributed by atoms with E-state index in [0.29, 0.717) is 6.10 Å². The van der Waals surface area contributed by atoms with Gasteiger partial charge in [-0.3, -0.25) is 4.79 Å². The van der Waals surface area contributed by atoms with E-state index in [-0.39, 0.29) is 5.91 Å². The highest BCUT2D eigenvalue weighted by Gasteiger charge is 2.17. The molecule has 120 valence electrons. The SMILES string of the molecule is CC/C(=C\c1ccccc1)C(=O)N(C)CCC1CCCCO1. The summed E-state index contributed by atoms with van der Waals surface area (Å²) in [6.07, 6.45) is 7.55. The van der Waals surface area contributed by atoms with E-state index in [1.165, 1.54) is 12.8 Å². The Hall–Kier alpha value is -1.61. The maximum atomic E-state index is 12.6. The standard InChI is InChI=1S/C19H27NO2/c1-3-17(15-16-9-5-4-6-10-16)19(21)20(2)13-12-18-11-7-8-14-22-18/h4-6,9-10,15,18H,3,7-8,11-14H2,1-2H3/b17-15+. The molecule has 3 heteroatoms. The molecule has 3 nitrogen and oxygen atoms in total. The summed E-state index contributed by atoms with van der Waals surface area (Å²) in [6, 6.07) is 10.0. The van der Waals surface area contributed by atoms with Gasteiger partial charge in [0, 0.05) is 25.8 Å². The molecule has 22 heavy (non-hydrogen) atoms. The maximum absolute atomic E-state index is 12.6. The Labute approximate surface area is 134 Å². The van der Waals surface area contributed by atoms with Gasteiger partial charge in [-0.25, -0.2) is 0 Å². The van der Waals surface area contributed by atoms with Crippen LogP contribution in [-0.2, 0) is 9.53 Å². The number of benzene rings is 1. The molecule has 0 saturated carbocycles. The first-order valence-electron chi connectivity index (χ1n) is 8.33. The molecule has 1 atom stereocenters. The van der Waals surface area contributed by atoms with E-state index in [2.05, 4.69) is 0 Å². The van der Waals surface area contributed by atoms with Crippen LogP contribution in [0.4, 0.5) is 0 Å². The van der Waals surface area contributed by atoms with Crippen molar-refractivity contribution in [1.82, 2.24) is 4.90 Å². The molecule has 0 aromatic heterocycles. The van der Waals surface area contributed by atoms with Crippen LogP contribution < -0.4 is 0 Å². The molecule has 0 radical (unpaired) electrons. The van der Waals surface area contributed by atoms with Crippen LogP contribution in [-0.4, -0.2) is 37.1 Å². The smallest absolute Gasteiger partial charge is 0.249 e. The average molecular weight is 301 g/mol. The second-order valence-corrected chi connectivity index (χ2v) is 5.94. The first-order valence-corrected chi connectivity index (χ1v) is 8.33. The molecule has 1 aromatic carbocycles. The number of likely N-dealkylation sites (N-methyl/N-ethyl adjacent to an activating group) is 1. The third-order valence-electron chi connectivity index (χ3n) is 4.20. The minimum Gasteiger partial charge on any atom is -0.378 e. The van der Waals surface area contributed by atoms with Crippen LogP contribution in [0.2, 0.25) is 0 Å². The Morgan fingerprint density at radius 3 is 2.73 bits per heavy atom. The van der Waals surface area contributed by atoms with Crippen LogP contribution in [0.25, 0.3) is 6.08 Å². The number of hydrogen-bond acceptors (Lipinski definition) is 2. The van der Waals surface area contributed by atoms with Gasteiger partial charge in [0.05, 0.1) is 6.10 Å². The van der Waals surface area contributed by atoms with Crippen molar-refractivity contribution >= 4 is 12.0 Å². The number of hydrogen-bond donors (Lipinski definition) is 0. The monoisotopic (exact) mass is 301 g/mol. The van der Waals surface area contributed by atoms with Crippen molar-refractivity contribution in [2.45, 2.75) is 45.1 Å². The Bertz CT molecular complexity index is 489. The molecule has 0 spiro atoms. The van der Waals surface area contributed by atoms with Gasteiger partial charge in [0.2, 0.25) is 5.91 Å².